The molecule has 0 bridgehead atoms. The first-order valence-electron chi connectivity index (χ1n) is 5.27. The van der Waals surface area contributed by atoms with Crippen molar-refractivity contribution in [1.29, 1.82) is 5.41 Å². The van der Waals surface area contributed by atoms with Gasteiger partial charge in [0.2, 0.25) is 0 Å². The number of nitrogens with two attached hydrogens (primary N) is 1. The molecule has 0 aliphatic rings. The van der Waals surface area contributed by atoms with Crippen LogP contribution in [-0.4, -0.2) is 35.9 Å². The Bertz CT molecular complexity index is 272. The van der Waals surface area contributed by atoms with Crippen molar-refractivity contribution in [1.82, 2.24) is 5.32 Å². The molecule has 0 aliphatic carbocycles. The number of carbonyl (C=O) groups is 1. The van der Waals surface area contributed by atoms with E-state index in [1.807, 2.05) is 13.0 Å². The van der Waals surface area contributed by atoms with Gasteiger partial charge in [0.25, 0.3) is 0 Å². The van der Waals surface area contributed by atoms with Crippen LogP contribution in [0.1, 0.15) is 26.7 Å². The Kier molecular flexibility index (Phi) is 6.60. The van der Waals surface area contributed by atoms with Gasteiger partial charge in [0.05, 0.1) is 0 Å². The normalized spacial score (nSPS) is 15.6. The van der Waals surface area contributed by atoms with E-state index in [0.717, 1.165) is 18.5 Å². The van der Waals surface area contributed by atoms with Crippen LogP contribution >= 0.6 is 0 Å². The van der Waals surface area contributed by atoms with Crippen molar-refractivity contribution in [3.05, 3.63) is 11.6 Å². The van der Waals surface area contributed by atoms with Crippen molar-refractivity contribution in [2.45, 2.75) is 32.2 Å². The molecule has 0 rings (SSSR count). The lowest BCUT2D eigenvalue weighted by molar-refractivity contribution is -0.142. The van der Waals surface area contributed by atoms with Crippen LogP contribution in [0.5, 0.6) is 0 Å². The fourth-order valence-electron chi connectivity index (χ4n) is 1.32. The second-order valence-corrected chi connectivity index (χ2v) is 4.15. The van der Waals surface area contributed by atoms with E-state index in [0.29, 0.717) is 13.0 Å². The van der Waals surface area contributed by atoms with E-state index >= 15 is 0 Å². The van der Waals surface area contributed by atoms with Crippen LogP contribution in [0.2, 0.25) is 0 Å². The number of rotatable bonds is 8. The predicted molar refractivity (Wildman–Crippen MR) is 64.9 cm³/mol. The van der Waals surface area contributed by atoms with Gasteiger partial charge >= 0.3 is 5.97 Å². The average molecular weight is 227 g/mol. The summed E-state index contributed by atoms with van der Waals surface area (Å²) in [6, 6.07) is 0. The molecule has 5 nitrogen and oxygen atoms in total. The van der Waals surface area contributed by atoms with Gasteiger partial charge in [0.1, 0.15) is 5.54 Å². The molecule has 0 heterocycles. The van der Waals surface area contributed by atoms with Gasteiger partial charge in [-0.25, -0.2) is 0 Å². The van der Waals surface area contributed by atoms with Crippen molar-refractivity contribution in [3.63, 3.8) is 0 Å². The summed E-state index contributed by atoms with van der Waals surface area (Å²) in [6.45, 7) is 4.74. The van der Waals surface area contributed by atoms with E-state index in [-0.39, 0.29) is 0 Å². The van der Waals surface area contributed by atoms with Gasteiger partial charge in [0, 0.05) is 12.8 Å². The van der Waals surface area contributed by atoms with E-state index in [1.165, 1.54) is 13.1 Å². The number of carboxylic acid groups (broad SMARTS) is 1. The maximum Gasteiger partial charge on any atom is 0.323 e. The Morgan fingerprint density at radius 3 is 2.75 bits per heavy atom. The van der Waals surface area contributed by atoms with E-state index in [1.54, 1.807) is 0 Å². The summed E-state index contributed by atoms with van der Waals surface area (Å²) in [5.41, 5.74) is 5.41. The topological polar surface area (TPSA) is 99.2 Å². The van der Waals surface area contributed by atoms with Crippen molar-refractivity contribution in [2.24, 2.45) is 5.73 Å². The van der Waals surface area contributed by atoms with E-state index in [2.05, 4.69) is 5.32 Å². The molecule has 0 saturated carbocycles. The zero-order valence-electron chi connectivity index (χ0n) is 9.92. The lowest BCUT2D eigenvalue weighted by Gasteiger charge is -2.19. The van der Waals surface area contributed by atoms with Crippen LogP contribution < -0.4 is 11.1 Å². The highest BCUT2D eigenvalue weighted by molar-refractivity contribution is 5.78. The lowest BCUT2D eigenvalue weighted by atomic mass is 9.94. The molecule has 1 atom stereocenters. The van der Waals surface area contributed by atoms with Crippen molar-refractivity contribution < 1.29 is 9.90 Å². The zero-order chi connectivity index (χ0) is 12.6. The quantitative estimate of drug-likeness (QED) is 0.279. The van der Waals surface area contributed by atoms with Crippen LogP contribution in [0.25, 0.3) is 0 Å². The molecule has 0 amide bonds. The molecule has 0 fully saturated rings. The van der Waals surface area contributed by atoms with Gasteiger partial charge in [-0.3, -0.25) is 4.79 Å². The summed E-state index contributed by atoms with van der Waals surface area (Å²) in [7, 11) is 0. The lowest BCUT2D eigenvalue weighted by Crippen LogP contribution is -2.44. The number of carboxylic acids is 1. The van der Waals surface area contributed by atoms with Gasteiger partial charge in [-0.1, -0.05) is 11.6 Å². The number of nitrogens with one attached hydrogen (secondary N) is 2. The molecule has 0 aliphatic heterocycles. The van der Waals surface area contributed by atoms with E-state index in [4.69, 9.17) is 16.2 Å². The molecular weight excluding hydrogens is 206 g/mol. The molecule has 0 aromatic rings. The molecule has 5 heteroatoms. The summed E-state index contributed by atoms with van der Waals surface area (Å²) in [6.07, 6.45) is 4.45. The van der Waals surface area contributed by atoms with Gasteiger partial charge in [0.15, 0.2) is 0 Å². The molecule has 0 saturated heterocycles. The van der Waals surface area contributed by atoms with Gasteiger partial charge in [-0.2, -0.15) is 0 Å². The fourth-order valence-corrected chi connectivity index (χ4v) is 1.32. The fraction of sp³-hybridized carbons (Fsp3) is 0.636. The van der Waals surface area contributed by atoms with Crippen LogP contribution in [0, 0.1) is 5.41 Å². The monoisotopic (exact) mass is 227 g/mol. The standard InChI is InChI=1S/C11H21N3O2/c1-9(4-3-6-14-7-5-12)8-11(2,13)10(15)16/h4-5,12,14H,3,6-8,13H2,1-2H3,(H,15,16). The Hall–Kier alpha value is -1.20. The first kappa shape index (κ1) is 14.8. The molecule has 0 aromatic heterocycles. The largest absolute Gasteiger partial charge is 0.480 e. The third kappa shape index (κ3) is 6.31. The smallest absolute Gasteiger partial charge is 0.323 e. The minimum atomic E-state index is -1.19. The summed E-state index contributed by atoms with van der Waals surface area (Å²) in [5, 5.41) is 18.7. The van der Waals surface area contributed by atoms with Crippen molar-refractivity contribution >= 4 is 12.2 Å². The van der Waals surface area contributed by atoms with Crippen LogP contribution in [0.4, 0.5) is 0 Å². The SMILES string of the molecule is CC(=CCCNCC=N)CC(C)(N)C(=O)O. The van der Waals surface area contributed by atoms with Crippen molar-refractivity contribution in [3.8, 4) is 0 Å². The molecule has 16 heavy (non-hydrogen) atoms. The summed E-state index contributed by atoms with van der Waals surface area (Å²) in [5.74, 6) is -0.984. The second-order valence-electron chi connectivity index (χ2n) is 4.15. The van der Waals surface area contributed by atoms with Gasteiger partial charge in [-0.05, 0) is 33.2 Å². The van der Waals surface area contributed by atoms with E-state index in [9.17, 15) is 4.79 Å². The highest BCUT2D eigenvalue weighted by Crippen LogP contribution is 2.13. The maximum atomic E-state index is 10.8. The Balaban J connectivity index is 3.95. The summed E-state index contributed by atoms with van der Waals surface area (Å²) >= 11 is 0. The molecule has 0 spiro atoms. The number of hydrogen-bond acceptors (Lipinski definition) is 4. The Morgan fingerprint density at radius 2 is 2.25 bits per heavy atom. The third-order valence-electron chi connectivity index (χ3n) is 2.19. The zero-order valence-corrected chi connectivity index (χ0v) is 9.92. The first-order valence-corrected chi connectivity index (χ1v) is 5.27. The van der Waals surface area contributed by atoms with Gasteiger partial charge in [-0.15, -0.1) is 0 Å². The minimum absolute atomic E-state index is 0.354. The predicted octanol–water partition coefficient (Wildman–Crippen LogP) is 0.754. The Morgan fingerprint density at radius 1 is 1.62 bits per heavy atom. The highest BCUT2D eigenvalue weighted by atomic mass is 16.4. The van der Waals surface area contributed by atoms with Crippen LogP contribution in [-0.2, 0) is 4.79 Å². The highest BCUT2D eigenvalue weighted by Gasteiger charge is 2.27. The third-order valence-corrected chi connectivity index (χ3v) is 2.19. The number of aliphatic carboxylic acids is 1. The summed E-state index contributed by atoms with van der Waals surface area (Å²) < 4.78 is 0. The summed E-state index contributed by atoms with van der Waals surface area (Å²) in [4.78, 5) is 10.8. The number of hydrogen-bond donors (Lipinski definition) is 4. The molecule has 0 aromatic carbocycles. The van der Waals surface area contributed by atoms with Gasteiger partial charge < -0.3 is 21.6 Å². The van der Waals surface area contributed by atoms with Crippen molar-refractivity contribution in [2.75, 3.05) is 13.1 Å². The Labute approximate surface area is 96.2 Å². The average Bonchev–Trinajstić information content (AvgIpc) is 2.16. The van der Waals surface area contributed by atoms with E-state index < -0.39 is 11.5 Å². The molecule has 5 N–H and O–H groups in total. The van der Waals surface area contributed by atoms with Crippen LogP contribution in [0.3, 0.4) is 0 Å². The molecule has 0 radical (unpaired) electrons. The molecule has 92 valence electrons. The second kappa shape index (κ2) is 7.14. The molecular formula is C11H21N3O2. The molecule has 1 unspecified atom stereocenters. The minimum Gasteiger partial charge on any atom is -0.480 e. The first-order chi connectivity index (χ1) is 7.40. The van der Waals surface area contributed by atoms with Crippen LogP contribution in [0.15, 0.2) is 11.6 Å². The maximum absolute atomic E-state index is 10.8.